The molecule has 0 atom stereocenters. The summed E-state index contributed by atoms with van der Waals surface area (Å²) in [6.45, 7) is 0. The first kappa shape index (κ1) is 5.37. The molecule has 1 heterocycles. The minimum absolute atomic E-state index is 0.279. The molecule has 0 unspecified atom stereocenters. The van der Waals surface area contributed by atoms with Gasteiger partial charge in [-0.2, -0.15) is 0 Å². The first-order valence-corrected chi connectivity index (χ1v) is 3.93. The summed E-state index contributed by atoms with van der Waals surface area (Å²) >= 11 is 5.17. The van der Waals surface area contributed by atoms with Crippen LogP contribution in [0.25, 0.3) is 0 Å². The quantitative estimate of drug-likeness (QED) is 0.568. The molecule has 0 aliphatic carbocycles. The Morgan fingerprint density at radius 3 is 2.86 bits per heavy atom. The van der Waals surface area contributed by atoms with Crippen LogP contribution in [-0.2, 0) is 0 Å². The van der Waals surface area contributed by atoms with E-state index in [-0.39, 0.29) is 21.3 Å². The standard InChI is InChI=1S/C3H2ClIN2/c4-3-1-6-5-7-2-3/h1-2H. The average Bonchev–Trinajstić information content (AvgIpc) is 1.69. The fourth-order valence-electron chi connectivity index (χ4n) is 0.195. The molecular weight excluding hydrogens is 226 g/mol. The lowest BCUT2D eigenvalue weighted by molar-refractivity contribution is 1.67. The largest absolute Gasteiger partial charge is 0.211 e. The minimum atomic E-state index is -0.279. The molecule has 0 aromatic heterocycles. The molecule has 7 heavy (non-hydrogen) atoms. The number of nitrogens with zero attached hydrogens (tertiary/aromatic N) is 2. The summed E-state index contributed by atoms with van der Waals surface area (Å²) in [6, 6.07) is 0. The van der Waals surface area contributed by atoms with E-state index >= 15 is 0 Å². The lowest BCUT2D eigenvalue weighted by atomic mass is 10.7. The van der Waals surface area contributed by atoms with E-state index in [0.717, 1.165) is 0 Å². The van der Waals surface area contributed by atoms with Crippen LogP contribution in [0.4, 0.5) is 0 Å². The Morgan fingerprint density at radius 1 is 1.71 bits per heavy atom. The Labute approximate surface area is 56.8 Å². The molecule has 0 aromatic rings. The van der Waals surface area contributed by atoms with E-state index in [9.17, 15) is 0 Å². The summed E-state index contributed by atoms with van der Waals surface area (Å²) in [7, 11) is 0. The highest BCUT2D eigenvalue weighted by molar-refractivity contribution is 14.1. The molecule has 38 valence electrons. The minimum Gasteiger partial charge on any atom is -0.211 e. The predicted octanol–water partition coefficient (Wildman–Crippen LogP) is 2.22. The highest BCUT2D eigenvalue weighted by atomic mass is 127. The van der Waals surface area contributed by atoms with Gasteiger partial charge in [0.1, 0.15) is 21.3 Å². The molecule has 1 aliphatic heterocycles. The molecule has 0 bridgehead atoms. The van der Waals surface area contributed by atoms with Crippen LogP contribution in [0.1, 0.15) is 0 Å². The van der Waals surface area contributed by atoms with Gasteiger partial charge in [0.2, 0.25) is 0 Å². The van der Waals surface area contributed by atoms with Gasteiger partial charge in [-0.3, -0.25) is 0 Å². The summed E-state index contributed by atoms with van der Waals surface area (Å²) < 4.78 is 7.75. The van der Waals surface area contributed by atoms with Gasteiger partial charge in [-0.1, -0.05) is 11.6 Å². The van der Waals surface area contributed by atoms with Gasteiger partial charge in [0, 0.05) is 0 Å². The zero-order chi connectivity index (χ0) is 5.11. The van der Waals surface area contributed by atoms with E-state index in [1.165, 1.54) is 0 Å². The van der Waals surface area contributed by atoms with Crippen molar-refractivity contribution in [1.29, 1.82) is 0 Å². The van der Waals surface area contributed by atoms with Crippen molar-refractivity contribution in [1.82, 2.24) is 0 Å². The van der Waals surface area contributed by atoms with E-state index < -0.39 is 0 Å². The molecule has 0 fully saturated rings. The number of halogens is 2. The SMILES string of the molecule is ClC1=CN=IN=C1. The van der Waals surface area contributed by atoms with E-state index in [0.29, 0.717) is 5.03 Å². The smallest absolute Gasteiger partial charge is 0.142 e. The van der Waals surface area contributed by atoms with Crippen LogP contribution in [0.5, 0.6) is 0 Å². The van der Waals surface area contributed by atoms with Crippen molar-refractivity contribution < 1.29 is 0 Å². The van der Waals surface area contributed by atoms with Crippen LogP contribution in [0.2, 0.25) is 0 Å². The monoisotopic (exact) mass is 228 g/mol. The molecule has 0 N–H and O–H groups in total. The van der Waals surface area contributed by atoms with Crippen LogP contribution < -0.4 is 0 Å². The van der Waals surface area contributed by atoms with Crippen LogP contribution in [0, 0.1) is 0 Å². The molecule has 0 radical (unpaired) electrons. The first-order chi connectivity index (χ1) is 3.39. The van der Waals surface area contributed by atoms with E-state index in [2.05, 4.69) is 6.35 Å². The number of allylic oxidation sites excluding steroid dienone is 1. The second-order valence-corrected chi connectivity index (χ2v) is 2.90. The molecule has 0 amide bonds. The molecule has 0 saturated carbocycles. The zero-order valence-electron chi connectivity index (χ0n) is 3.31. The highest BCUT2D eigenvalue weighted by Gasteiger charge is 1.85. The molecule has 0 saturated heterocycles. The molecule has 2 nitrogen and oxygen atoms in total. The summed E-state index contributed by atoms with van der Waals surface area (Å²) in [5.41, 5.74) is 0. The van der Waals surface area contributed by atoms with E-state index in [1.54, 1.807) is 12.4 Å². The molecule has 1 rings (SSSR count). The van der Waals surface area contributed by atoms with E-state index in [4.69, 9.17) is 11.6 Å². The Kier molecular flexibility index (Phi) is 1.93. The van der Waals surface area contributed by atoms with Gasteiger partial charge in [-0.05, 0) is 0 Å². The van der Waals surface area contributed by atoms with Gasteiger partial charge in [-0.15, -0.1) is 0 Å². The molecule has 1 aliphatic rings. The van der Waals surface area contributed by atoms with Gasteiger partial charge >= 0.3 is 0 Å². The third-order valence-corrected chi connectivity index (χ3v) is 1.68. The highest BCUT2D eigenvalue weighted by Crippen LogP contribution is 2.11. The Bertz CT molecular complexity index is 149. The Hall–Kier alpha value is 0.230. The summed E-state index contributed by atoms with van der Waals surface area (Å²) in [5.74, 6) is 0. The van der Waals surface area contributed by atoms with Gasteiger partial charge in [0.15, 0.2) is 0 Å². The summed E-state index contributed by atoms with van der Waals surface area (Å²) in [5, 5.41) is 0.631. The molecular formula is C3H2ClIN2. The number of hydrogen-bond donors (Lipinski definition) is 0. The third-order valence-electron chi connectivity index (χ3n) is 0.432. The van der Waals surface area contributed by atoms with E-state index in [1.807, 2.05) is 0 Å². The third kappa shape index (κ3) is 1.65. The second kappa shape index (κ2) is 2.52. The summed E-state index contributed by atoms with van der Waals surface area (Å²) in [4.78, 5) is 0. The van der Waals surface area contributed by atoms with Crippen molar-refractivity contribution in [2.75, 3.05) is 0 Å². The Morgan fingerprint density at radius 2 is 2.57 bits per heavy atom. The van der Waals surface area contributed by atoms with Crippen molar-refractivity contribution in [3.8, 4) is 0 Å². The fraction of sp³-hybridized carbons (Fsp3) is 0. The van der Waals surface area contributed by atoms with Crippen molar-refractivity contribution in [3.05, 3.63) is 11.2 Å². The average molecular weight is 228 g/mol. The number of rotatable bonds is 0. The molecule has 0 spiro atoms. The van der Waals surface area contributed by atoms with Gasteiger partial charge in [-0.25, -0.2) is 6.35 Å². The van der Waals surface area contributed by atoms with Gasteiger partial charge in [0.25, 0.3) is 0 Å². The lowest BCUT2D eigenvalue weighted by Crippen LogP contribution is -1.69. The van der Waals surface area contributed by atoms with Crippen LogP contribution in [0.3, 0.4) is 0 Å². The molecule has 0 aromatic carbocycles. The van der Waals surface area contributed by atoms with Crippen LogP contribution >= 0.6 is 32.9 Å². The van der Waals surface area contributed by atoms with Crippen LogP contribution in [0.15, 0.2) is 17.6 Å². The zero-order valence-corrected chi connectivity index (χ0v) is 6.22. The van der Waals surface area contributed by atoms with Gasteiger partial charge < -0.3 is 0 Å². The van der Waals surface area contributed by atoms with Crippen molar-refractivity contribution in [2.24, 2.45) is 6.35 Å². The second-order valence-electron chi connectivity index (χ2n) is 0.914. The maximum Gasteiger partial charge on any atom is 0.142 e. The van der Waals surface area contributed by atoms with Crippen LogP contribution in [-0.4, -0.2) is 6.21 Å². The first-order valence-electron chi connectivity index (χ1n) is 1.62. The fourth-order valence-corrected chi connectivity index (χ4v) is 1.62. The van der Waals surface area contributed by atoms with Gasteiger partial charge in [0.05, 0.1) is 17.4 Å². The maximum absolute atomic E-state index is 5.45. The summed E-state index contributed by atoms with van der Waals surface area (Å²) in [6.07, 6.45) is 3.28. The normalized spacial score (nSPS) is 18.1. The van der Waals surface area contributed by atoms with Crippen molar-refractivity contribution in [2.45, 2.75) is 0 Å². The predicted molar refractivity (Wildman–Crippen MR) is 38.9 cm³/mol. The maximum atomic E-state index is 5.45. The topological polar surface area (TPSA) is 24.7 Å². The molecule has 4 heteroatoms. The lowest BCUT2D eigenvalue weighted by Gasteiger charge is -1.84. The Balaban J connectivity index is 2.82. The van der Waals surface area contributed by atoms with Crippen molar-refractivity contribution >= 4 is 39.1 Å². The van der Waals surface area contributed by atoms with Crippen molar-refractivity contribution in [3.63, 3.8) is 0 Å². The number of hydrogen-bond acceptors (Lipinski definition) is 2.